The van der Waals surface area contributed by atoms with Gasteiger partial charge in [-0.3, -0.25) is 9.59 Å². The Bertz CT molecular complexity index is 455. The molecule has 98 valence electrons. The second kappa shape index (κ2) is 5.20. The Balaban J connectivity index is 2.03. The van der Waals surface area contributed by atoms with Gasteiger partial charge in [-0.25, -0.2) is 4.98 Å². The van der Waals surface area contributed by atoms with E-state index in [1.807, 2.05) is 6.92 Å². The highest BCUT2D eigenvalue weighted by atomic mass is 16.4. The minimum Gasteiger partial charge on any atom is -0.481 e. The van der Waals surface area contributed by atoms with Gasteiger partial charge in [0, 0.05) is 24.9 Å². The number of hydrogen-bond acceptors (Lipinski definition) is 3. The monoisotopic (exact) mass is 251 g/mol. The van der Waals surface area contributed by atoms with Crippen molar-refractivity contribution in [2.24, 2.45) is 0 Å². The number of aromatic nitrogens is 2. The van der Waals surface area contributed by atoms with E-state index in [1.165, 1.54) is 0 Å². The maximum atomic E-state index is 12.0. The first kappa shape index (κ1) is 12.6. The van der Waals surface area contributed by atoms with Crippen molar-refractivity contribution in [3.8, 4) is 0 Å². The summed E-state index contributed by atoms with van der Waals surface area (Å²) in [5, 5.41) is 8.60. The van der Waals surface area contributed by atoms with Crippen molar-refractivity contribution in [3.63, 3.8) is 0 Å². The summed E-state index contributed by atoms with van der Waals surface area (Å²) in [7, 11) is 0. The van der Waals surface area contributed by atoms with E-state index in [1.54, 1.807) is 11.1 Å². The van der Waals surface area contributed by atoms with Crippen molar-refractivity contribution in [2.45, 2.75) is 38.6 Å². The van der Waals surface area contributed by atoms with Crippen LogP contribution < -0.4 is 0 Å². The summed E-state index contributed by atoms with van der Waals surface area (Å²) in [6.45, 7) is 2.60. The highest BCUT2D eigenvalue weighted by Crippen LogP contribution is 2.30. The zero-order chi connectivity index (χ0) is 13.1. The minimum atomic E-state index is -0.937. The Hall–Kier alpha value is -1.85. The van der Waals surface area contributed by atoms with E-state index in [9.17, 15) is 9.59 Å². The van der Waals surface area contributed by atoms with Crippen molar-refractivity contribution in [1.29, 1.82) is 0 Å². The van der Waals surface area contributed by atoms with Crippen LogP contribution in [0.25, 0.3) is 0 Å². The van der Waals surface area contributed by atoms with Crippen LogP contribution in [0.2, 0.25) is 0 Å². The van der Waals surface area contributed by atoms with Crippen LogP contribution in [0.5, 0.6) is 0 Å². The topological polar surface area (TPSA) is 86.3 Å². The standard InChI is InChI=1S/C12H17N3O3/c1-8-7-13-12(14-8)9-3-2-6-15(9)10(16)4-5-11(17)18/h7,9H,2-6H2,1H3,(H,13,14)(H,17,18). The van der Waals surface area contributed by atoms with Gasteiger partial charge in [0.05, 0.1) is 12.5 Å². The van der Waals surface area contributed by atoms with E-state index >= 15 is 0 Å². The maximum absolute atomic E-state index is 12.0. The lowest BCUT2D eigenvalue weighted by molar-refractivity contribution is -0.141. The molecule has 0 bridgehead atoms. The summed E-state index contributed by atoms with van der Waals surface area (Å²) in [5.41, 5.74) is 0.967. The molecule has 0 aromatic carbocycles. The van der Waals surface area contributed by atoms with Gasteiger partial charge in [0.15, 0.2) is 0 Å². The predicted octanol–water partition coefficient (Wildman–Crippen LogP) is 1.25. The van der Waals surface area contributed by atoms with E-state index < -0.39 is 5.97 Å². The normalized spacial score (nSPS) is 19.2. The van der Waals surface area contributed by atoms with Crippen LogP contribution in [-0.2, 0) is 9.59 Å². The SMILES string of the molecule is Cc1cnc(C2CCCN2C(=O)CCC(=O)O)[nH]1. The number of amides is 1. The number of carboxylic acids is 1. The molecule has 1 unspecified atom stereocenters. The zero-order valence-electron chi connectivity index (χ0n) is 10.3. The number of H-pyrrole nitrogens is 1. The molecule has 6 heteroatoms. The Labute approximate surface area is 105 Å². The molecule has 0 saturated carbocycles. The summed E-state index contributed by atoms with van der Waals surface area (Å²) < 4.78 is 0. The number of carboxylic acid groups (broad SMARTS) is 1. The molecule has 1 amide bonds. The molecule has 2 heterocycles. The van der Waals surface area contributed by atoms with Gasteiger partial charge in [0.2, 0.25) is 5.91 Å². The lowest BCUT2D eigenvalue weighted by Crippen LogP contribution is -2.31. The van der Waals surface area contributed by atoms with Gasteiger partial charge in [-0.2, -0.15) is 0 Å². The van der Waals surface area contributed by atoms with E-state index in [4.69, 9.17) is 5.11 Å². The van der Waals surface area contributed by atoms with Crippen LogP contribution in [0.3, 0.4) is 0 Å². The number of aryl methyl sites for hydroxylation is 1. The summed E-state index contributed by atoms with van der Waals surface area (Å²) in [6.07, 6.45) is 3.51. The van der Waals surface area contributed by atoms with Crippen molar-refractivity contribution in [2.75, 3.05) is 6.54 Å². The largest absolute Gasteiger partial charge is 0.481 e. The fourth-order valence-corrected chi connectivity index (χ4v) is 2.31. The van der Waals surface area contributed by atoms with E-state index in [2.05, 4.69) is 9.97 Å². The molecule has 18 heavy (non-hydrogen) atoms. The van der Waals surface area contributed by atoms with Crippen LogP contribution in [-0.4, -0.2) is 38.4 Å². The molecule has 1 aliphatic rings. The van der Waals surface area contributed by atoms with E-state index in [0.717, 1.165) is 24.4 Å². The molecule has 0 radical (unpaired) electrons. The number of nitrogens with one attached hydrogen (secondary N) is 1. The number of aromatic amines is 1. The molecule has 0 spiro atoms. The summed E-state index contributed by atoms with van der Waals surface area (Å²) >= 11 is 0. The first-order valence-electron chi connectivity index (χ1n) is 6.10. The quantitative estimate of drug-likeness (QED) is 0.843. The molecule has 1 fully saturated rings. The van der Waals surface area contributed by atoms with Gasteiger partial charge in [-0.1, -0.05) is 0 Å². The van der Waals surface area contributed by atoms with Gasteiger partial charge in [-0.05, 0) is 19.8 Å². The van der Waals surface area contributed by atoms with Gasteiger partial charge < -0.3 is 15.0 Å². The summed E-state index contributed by atoms with van der Waals surface area (Å²) in [6, 6.07) is -0.0278. The van der Waals surface area contributed by atoms with E-state index in [0.29, 0.717) is 6.54 Å². The van der Waals surface area contributed by atoms with Crippen LogP contribution in [0, 0.1) is 6.92 Å². The van der Waals surface area contributed by atoms with Gasteiger partial charge in [0.1, 0.15) is 5.82 Å². The molecule has 0 aliphatic carbocycles. The molecule has 2 N–H and O–H groups in total. The zero-order valence-corrected chi connectivity index (χ0v) is 10.3. The van der Waals surface area contributed by atoms with Crippen molar-refractivity contribution in [1.82, 2.24) is 14.9 Å². The fourth-order valence-electron chi connectivity index (χ4n) is 2.31. The number of nitrogens with zero attached hydrogens (tertiary/aromatic N) is 2. The smallest absolute Gasteiger partial charge is 0.303 e. The molecule has 1 aromatic rings. The van der Waals surface area contributed by atoms with Crippen molar-refractivity contribution in [3.05, 3.63) is 17.7 Å². The average molecular weight is 251 g/mol. The number of aliphatic carboxylic acids is 1. The second-order valence-electron chi connectivity index (χ2n) is 4.59. The third-order valence-electron chi connectivity index (χ3n) is 3.16. The number of hydrogen-bond donors (Lipinski definition) is 2. The first-order chi connectivity index (χ1) is 8.58. The first-order valence-corrected chi connectivity index (χ1v) is 6.10. The van der Waals surface area contributed by atoms with Crippen LogP contribution >= 0.6 is 0 Å². The van der Waals surface area contributed by atoms with Gasteiger partial charge in [0.25, 0.3) is 0 Å². The highest BCUT2D eigenvalue weighted by molar-refractivity contribution is 5.81. The van der Waals surface area contributed by atoms with Crippen LogP contribution in [0.15, 0.2) is 6.20 Å². The Morgan fingerprint density at radius 2 is 2.33 bits per heavy atom. The molecular weight excluding hydrogens is 234 g/mol. The molecule has 1 aromatic heterocycles. The molecular formula is C12H17N3O3. The summed E-state index contributed by atoms with van der Waals surface area (Å²) in [4.78, 5) is 31.6. The Morgan fingerprint density at radius 1 is 1.56 bits per heavy atom. The number of carbonyl (C=O) groups excluding carboxylic acids is 1. The molecule has 1 aliphatic heterocycles. The fraction of sp³-hybridized carbons (Fsp3) is 0.583. The number of likely N-dealkylation sites (tertiary alicyclic amines) is 1. The number of carbonyl (C=O) groups is 2. The third-order valence-corrected chi connectivity index (χ3v) is 3.16. The van der Waals surface area contributed by atoms with E-state index in [-0.39, 0.29) is 24.8 Å². The molecule has 1 saturated heterocycles. The number of rotatable bonds is 4. The van der Waals surface area contributed by atoms with Crippen molar-refractivity contribution >= 4 is 11.9 Å². The lowest BCUT2D eigenvalue weighted by atomic mass is 10.2. The average Bonchev–Trinajstić information content (AvgIpc) is 2.93. The highest BCUT2D eigenvalue weighted by Gasteiger charge is 2.31. The predicted molar refractivity (Wildman–Crippen MR) is 63.9 cm³/mol. The minimum absolute atomic E-state index is 0.0278. The van der Waals surface area contributed by atoms with Crippen molar-refractivity contribution < 1.29 is 14.7 Å². The lowest BCUT2D eigenvalue weighted by Gasteiger charge is -2.23. The Morgan fingerprint density at radius 3 is 2.94 bits per heavy atom. The second-order valence-corrected chi connectivity index (χ2v) is 4.59. The molecule has 1 atom stereocenters. The summed E-state index contributed by atoms with van der Waals surface area (Å²) in [5.74, 6) is -0.240. The van der Waals surface area contributed by atoms with Gasteiger partial charge in [-0.15, -0.1) is 0 Å². The maximum Gasteiger partial charge on any atom is 0.303 e. The third kappa shape index (κ3) is 2.69. The van der Waals surface area contributed by atoms with Gasteiger partial charge >= 0.3 is 5.97 Å². The molecule has 2 rings (SSSR count). The number of imidazole rings is 1. The van der Waals surface area contributed by atoms with Crippen LogP contribution in [0.1, 0.15) is 43.2 Å². The molecule has 6 nitrogen and oxygen atoms in total. The van der Waals surface area contributed by atoms with Crippen LogP contribution in [0.4, 0.5) is 0 Å². The Kier molecular flexibility index (Phi) is 3.64.